The summed E-state index contributed by atoms with van der Waals surface area (Å²) in [6.07, 6.45) is 2.50. The van der Waals surface area contributed by atoms with Crippen LogP contribution in [-0.2, 0) is 5.54 Å². The van der Waals surface area contributed by atoms with E-state index < -0.39 is 0 Å². The molecule has 2 N–H and O–H groups in total. The fourth-order valence-corrected chi connectivity index (χ4v) is 4.06. The molecule has 1 fully saturated rings. The highest BCUT2D eigenvalue weighted by Gasteiger charge is 2.36. The third kappa shape index (κ3) is 4.34. The van der Waals surface area contributed by atoms with Crippen molar-refractivity contribution >= 4 is 15.9 Å². The van der Waals surface area contributed by atoms with E-state index in [9.17, 15) is 9.50 Å². The van der Waals surface area contributed by atoms with Crippen molar-refractivity contribution < 1.29 is 9.50 Å². The molecule has 0 amide bonds. The molecule has 1 saturated heterocycles. The van der Waals surface area contributed by atoms with E-state index in [1.54, 1.807) is 0 Å². The van der Waals surface area contributed by atoms with Gasteiger partial charge in [0.25, 0.3) is 0 Å². The molecule has 0 aromatic heterocycles. The lowest BCUT2D eigenvalue weighted by molar-refractivity contribution is 0.0803. The minimum absolute atomic E-state index is 0.170. The third-order valence-corrected chi connectivity index (χ3v) is 6.03. The zero-order valence-corrected chi connectivity index (χ0v) is 16.7. The normalized spacial score (nSPS) is 22.3. The van der Waals surface area contributed by atoms with Crippen LogP contribution in [0.25, 0.3) is 0 Å². The Kier molecular flexibility index (Phi) is 6.46. The second kappa shape index (κ2) is 8.61. The third-order valence-electron chi connectivity index (χ3n) is 5.50. The van der Waals surface area contributed by atoms with Crippen LogP contribution in [0.3, 0.4) is 0 Å². The van der Waals surface area contributed by atoms with Crippen molar-refractivity contribution in [2.24, 2.45) is 0 Å². The van der Waals surface area contributed by atoms with Crippen molar-refractivity contribution in [3.63, 3.8) is 0 Å². The standard InChI is InChI=1S/C21H26BrFN2O/c1-16(17-3-7-19(22)8-4-17)25-13-12-21(24-15-25,11-2-14-26)18-5-9-20(23)10-6-18/h3-10,16,24,26H,2,11-15H2,1H3/t16-,21+/m0/s1. The number of hydrogen-bond donors (Lipinski definition) is 2. The van der Waals surface area contributed by atoms with Crippen molar-refractivity contribution in [3.8, 4) is 0 Å². The zero-order chi connectivity index (χ0) is 18.6. The minimum Gasteiger partial charge on any atom is -0.396 e. The summed E-state index contributed by atoms with van der Waals surface area (Å²) < 4.78 is 14.4. The quantitative estimate of drug-likeness (QED) is 0.718. The van der Waals surface area contributed by atoms with E-state index in [1.807, 2.05) is 12.1 Å². The van der Waals surface area contributed by atoms with Crippen molar-refractivity contribution in [3.05, 3.63) is 69.9 Å². The lowest BCUT2D eigenvalue weighted by Crippen LogP contribution is -2.55. The minimum atomic E-state index is -0.215. The van der Waals surface area contributed by atoms with Crippen LogP contribution < -0.4 is 5.32 Å². The molecule has 140 valence electrons. The van der Waals surface area contributed by atoms with Gasteiger partial charge in [-0.1, -0.05) is 40.2 Å². The molecule has 3 rings (SSSR count). The average Bonchev–Trinajstić information content (AvgIpc) is 2.67. The molecule has 3 nitrogen and oxygen atoms in total. The predicted octanol–water partition coefficient (Wildman–Crippen LogP) is 4.57. The van der Waals surface area contributed by atoms with E-state index in [1.165, 1.54) is 17.7 Å². The number of hydrogen-bond acceptors (Lipinski definition) is 3. The number of nitrogens with zero attached hydrogens (tertiary/aromatic N) is 1. The number of halogens is 2. The van der Waals surface area contributed by atoms with E-state index in [0.717, 1.165) is 42.5 Å². The largest absolute Gasteiger partial charge is 0.396 e. The molecule has 1 aliphatic heterocycles. The molecule has 0 saturated carbocycles. The number of benzene rings is 2. The molecule has 0 unspecified atom stereocenters. The molecule has 1 aliphatic rings. The summed E-state index contributed by atoms with van der Waals surface area (Å²) in [6, 6.07) is 15.6. The van der Waals surface area contributed by atoms with Crippen molar-refractivity contribution in [2.45, 2.75) is 37.8 Å². The molecule has 5 heteroatoms. The molecule has 0 spiro atoms. The summed E-state index contributed by atoms with van der Waals surface area (Å²) in [5, 5.41) is 13.0. The topological polar surface area (TPSA) is 35.5 Å². The van der Waals surface area contributed by atoms with Gasteiger partial charge in [-0.25, -0.2) is 4.39 Å². The molecule has 2 aromatic carbocycles. The number of rotatable bonds is 6. The lowest BCUT2D eigenvalue weighted by Gasteiger charge is -2.45. The van der Waals surface area contributed by atoms with Gasteiger partial charge in [-0.2, -0.15) is 0 Å². The van der Waals surface area contributed by atoms with Gasteiger partial charge in [0, 0.05) is 35.9 Å². The molecule has 1 heterocycles. The SMILES string of the molecule is C[C@@H](c1ccc(Br)cc1)N1CC[C@](CCCO)(c2ccc(F)cc2)NC1. The Labute approximate surface area is 163 Å². The van der Waals surface area contributed by atoms with E-state index in [2.05, 4.69) is 57.3 Å². The van der Waals surface area contributed by atoms with Gasteiger partial charge < -0.3 is 5.11 Å². The van der Waals surface area contributed by atoms with Crippen LogP contribution in [-0.4, -0.2) is 29.8 Å². The van der Waals surface area contributed by atoms with Gasteiger partial charge in [-0.05, 0) is 61.6 Å². The summed E-state index contributed by atoms with van der Waals surface area (Å²) in [6.45, 7) is 4.11. The van der Waals surface area contributed by atoms with Crippen molar-refractivity contribution in [1.82, 2.24) is 10.2 Å². The van der Waals surface area contributed by atoms with Crippen molar-refractivity contribution in [1.29, 1.82) is 0 Å². The van der Waals surface area contributed by atoms with Gasteiger partial charge in [0.05, 0.1) is 0 Å². The zero-order valence-electron chi connectivity index (χ0n) is 15.1. The summed E-state index contributed by atoms with van der Waals surface area (Å²) in [7, 11) is 0. The first-order chi connectivity index (χ1) is 12.5. The van der Waals surface area contributed by atoms with Gasteiger partial charge in [-0.15, -0.1) is 0 Å². The Morgan fingerprint density at radius 3 is 2.46 bits per heavy atom. The second-order valence-electron chi connectivity index (χ2n) is 7.04. The van der Waals surface area contributed by atoms with Gasteiger partial charge in [0.15, 0.2) is 0 Å². The number of nitrogens with one attached hydrogen (secondary N) is 1. The maximum Gasteiger partial charge on any atom is 0.123 e. The van der Waals surface area contributed by atoms with E-state index >= 15 is 0 Å². The Balaban J connectivity index is 1.73. The van der Waals surface area contributed by atoms with Crippen LogP contribution in [0.4, 0.5) is 4.39 Å². The highest BCUT2D eigenvalue weighted by atomic mass is 79.9. The second-order valence-corrected chi connectivity index (χ2v) is 7.96. The molecular weight excluding hydrogens is 395 g/mol. The van der Waals surface area contributed by atoms with Crippen LogP contribution in [0.2, 0.25) is 0 Å². The number of aliphatic hydroxyl groups excluding tert-OH is 1. The van der Waals surface area contributed by atoms with E-state index in [0.29, 0.717) is 6.04 Å². The first-order valence-corrected chi connectivity index (χ1v) is 9.95. The number of aliphatic hydroxyl groups is 1. The molecule has 2 aromatic rings. The summed E-state index contributed by atoms with van der Waals surface area (Å²) in [4.78, 5) is 2.42. The molecule has 0 aliphatic carbocycles. The Hall–Kier alpha value is -1.27. The van der Waals surface area contributed by atoms with Crippen LogP contribution in [0.1, 0.15) is 43.4 Å². The maximum absolute atomic E-state index is 13.3. The predicted molar refractivity (Wildman–Crippen MR) is 106 cm³/mol. The van der Waals surface area contributed by atoms with Crippen LogP contribution in [0.15, 0.2) is 53.0 Å². The molecule has 2 atom stereocenters. The molecule has 26 heavy (non-hydrogen) atoms. The smallest absolute Gasteiger partial charge is 0.123 e. The summed E-state index contributed by atoms with van der Waals surface area (Å²) in [5.74, 6) is -0.215. The first kappa shape index (κ1) is 19.5. The monoisotopic (exact) mass is 420 g/mol. The van der Waals surface area contributed by atoms with Gasteiger partial charge in [0.1, 0.15) is 5.82 Å². The summed E-state index contributed by atoms with van der Waals surface area (Å²) in [5.41, 5.74) is 2.19. The van der Waals surface area contributed by atoms with E-state index in [4.69, 9.17) is 0 Å². The Bertz CT molecular complexity index is 697. The first-order valence-electron chi connectivity index (χ1n) is 9.15. The highest BCUT2D eigenvalue weighted by Crippen LogP contribution is 2.35. The molecular formula is C21H26BrFN2O. The lowest BCUT2D eigenvalue weighted by atomic mass is 9.81. The Morgan fingerprint density at radius 1 is 1.19 bits per heavy atom. The van der Waals surface area contributed by atoms with Crippen molar-refractivity contribution in [2.75, 3.05) is 19.8 Å². The Morgan fingerprint density at radius 2 is 1.88 bits per heavy atom. The van der Waals surface area contributed by atoms with Crippen LogP contribution in [0.5, 0.6) is 0 Å². The van der Waals surface area contributed by atoms with Gasteiger partial charge >= 0.3 is 0 Å². The van der Waals surface area contributed by atoms with Gasteiger partial charge in [-0.3, -0.25) is 10.2 Å². The highest BCUT2D eigenvalue weighted by molar-refractivity contribution is 9.10. The molecule has 0 radical (unpaired) electrons. The van der Waals surface area contributed by atoms with E-state index in [-0.39, 0.29) is 18.0 Å². The fourth-order valence-electron chi connectivity index (χ4n) is 3.79. The molecule has 0 bridgehead atoms. The fraction of sp³-hybridized carbons (Fsp3) is 0.429. The van der Waals surface area contributed by atoms with Crippen LogP contribution in [0, 0.1) is 5.82 Å². The summed E-state index contributed by atoms with van der Waals surface area (Å²) >= 11 is 3.49. The van der Waals surface area contributed by atoms with Gasteiger partial charge in [0.2, 0.25) is 0 Å². The van der Waals surface area contributed by atoms with Crippen LogP contribution >= 0.6 is 15.9 Å². The average molecular weight is 421 g/mol. The maximum atomic E-state index is 13.3.